The molecule has 0 aliphatic heterocycles. The second-order valence-corrected chi connectivity index (χ2v) is 5.24. The van der Waals surface area contributed by atoms with Crippen LogP contribution in [0.1, 0.15) is 31.2 Å². The van der Waals surface area contributed by atoms with E-state index in [2.05, 4.69) is 23.2 Å². The second-order valence-electron chi connectivity index (χ2n) is 4.09. The van der Waals surface area contributed by atoms with Crippen molar-refractivity contribution in [3.8, 4) is 10.9 Å². The molecule has 17 heavy (non-hydrogen) atoms. The van der Waals surface area contributed by atoms with E-state index in [1.807, 2.05) is 19.1 Å². The van der Waals surface area contributed by atoms with E-state index in [9.17, 15) is 0 Å². The highest BCUT2D eigenvalue weighted by molar-refractivity contribution is 7.07. The summed E-state index contributed by atoms with van der Waals surface area (Å²) in [6, 6.07) is 5.54. The molecule has 1 aromatic carbocycles. The number of ether oxygens (including phenoxy) is 1. The van der Waals surface area contributed by atoms with Crippen molar-refractivity contribution < 1.29 is 4.74 Å². The summed E-state index contributed by atoms with van der Waals surface area (Å²) in [6.07, 6.45) is 0. The molecule has 0 fully saturated rings. The average Bonchev–Trinajstić information content (AvgIpc) is 2.72. The van der Waals surface area contributed by atoms with E-state index in [1.54, 1.807) is 6.07 Å². The molecule has 3 nitrogen and oxygen atoms in total. The van der Waals surface area contributed by atoms with Gasteiger partial charge < -0.3 is 4.74 Å². The lowest BCUT2D eigenvalue weighted by atomic mass is 10.2. The van der Waals surface area contributed by atoms with Crippen molar-refractivity contribution >= 4 is 23.1 Å². The van der Waals surface area contributed by atoms with Gasteiger partial charge in [-0.2, -0.15) is 9.36 Å². The lowest BCUT2D eigenvalue weighted by molar-refractivity contribution is 0.472. The van der Waals surface area contributed by atoms with Crippen LogP contribution >= 0.6 is 23.1 Å². The lowest BCUT2D eigenvalue weighted by Crippen LogP contribution is -1.91. The van der Waals surface area contributed by atoms with Crippen molar-refractivity contribution in [2.75, 3.05) is 0 Å². The van der Waals surface area contributed by atoms with Crippen LogP contribution in [0, 0.1) is 6.92 Å². The molecule has 2 aromatic rings. The van der Waals surface area contributed by atoms with Crippen molar-refractivity contribution in [2.24, 2.45) is 0 Å². The molecular formula is C12H13ClN2OS. The number of benzene rings is 1. The highest BCUT2D eigenvalue weighted by Gasteiger charge is 2.10. The second kappa shape index (κ2) is 5.02. The Balaban J connectivity index is 2.22. The molecule has 0 amide bonds. The molecule has 0 bridgehead atoms. The Morgan fingerprint density at radius 2 is 2.12 bits per heavy atom. The fraction of sp³-hybridized carbons (Fsp3) is 0.333. The van der Waals surface area contributed by atoms with Crippen LogP contribution < -0.4 is 4.74 Å². The molecule has 0 aliphatic carbocycles. The van der Waals surface area contributed by atoms with E-state index in [0.29, 0.717) is 16.1 Å². The standard InChI is InChI=1S/C12H13ClN2OS/c1-7(2)11-14-12(17-15-11)16-10-6-9(13)5-4-8(10)3/h4-7H,1-3H3. The highest BCUT2D eigenvalue weighted by atomic mass is 35.5. The molecule has 0 saturated carbocycles. The third-order valence-electron chi connectivity index (χ3n) is 2.29. The summed E-state index contributed by atoms with van der Waals surface area (Å²) in [6.45, 7) is 6.07. The van der Waals surface area contributed by atoms with Crippen LogP contribution in [-0.4, -0.2) is 9.36 Å². The molecule has 1 heterocycles. The summed E-state index contributed by atoms with van der Waals surface area (Å²) >= 11 is 7.19. The third-order valence-corrected chi connectivity index (χ3v) is 3.13. The summed E-state index contributed by atoms with van der Waals surface area (Å²) in [5, 5.41) is 1.21. The highest BCUT2D eigenvalue weighted by Crippen LogP contribution is 2.29. The van der Waals surface area contributed by atoms with Gasteiger partial charge in [0, 0.05) is 22.5 Å². The molecule has 5 heteroatoms. The quantitative estimate of drug-likeness (QED) is 0.827. The van der Waals surface area contributed by atoms with E-state index >= 15 is 0 Å². The maximum Gasteiger partial charge on any atom is 0.298 e. The fourth-order valence-electron chi connectivity index (χ4n) is 1.27. The first kappa shape index (κ1) is 12.3. The zero-order chi connectivity index (χ0) is 12.4. The zero-order valence-corrected chi connectivity index (χ0v) is 11.5. The van der Waals surface area contributed by atoms with Crippen LogP contribution in [0.2, 0.25) is 5.02 Å². The van der Waals surface area contributed by atoms with Gasteiger partial charge in [-0.05, 0) is 24.6 Å². The Morgan fingerprint density at radius 3 is 2.76 bits per heavy atom. The average molecular weight is 269 g/mol. The van der Waals surface area contributed by atoms with Crippen LogP contribution in [0.5, 0.6) is 10.9 Å². The zero-order valence-electron chi connectivity index (χ0n) is 9.90. The van der Waals surface area contributed by atoms with Crippen molar-refractivity contribution in [1.29, 1.82) is 0 Å². The topological polar surface area (TPSA) is 35.0 Å². The van der Waals surface area contributed by atoms with Gasteiger partial charge in [0.15, 0.2) is 0 Å². The molecule has 1 aromatic heterocycles. The SMILES string of the molecule is Cc1ccc(Cl)cc1Oc1nc(C(C)C)ns1. The van der Waals surface area contributed by atoms with Gasteiger partial charge in [0.2, 0.25) is 0 Å². The summed E-state index contributed by atoms with van der Waals surface area (Å²) in [5.41, 5.74) is 1.02. The van der Waals surface area contributed by atoms with Crippen molar-refractivity contribution in [2.45, 2.75) is 26.7 Å². The summed E-state index contributed by atoms with van der Waals surface area (Å²) < 4.78 is 9.92. The molecule has 0 saturated heterocycles. The maximum atomic E-state index is 5.93. The Morgan fingerprint density at radius 1 is 1.35 bits per heavy atom. The molecule has 0 spiro atoms. The minimum Gasteiger partial charge on any atom is -0.430 e. The van der Waals surface area contributed by atoms with Crippen LogP contribution in [-0.2, 0) is 0 Å². The molecule has 2 rings (SSSR count). The largest absolute Gasteiger partial charge is 0.430 e. The normalized spacial score (nSPS) is 10.9. The van der Waals surface area contributed by atoms with Gasteiger partial charge in [0.05, 0.1) is 0 Å². The van der Waals surface area contributed by atoms with Gasteiger partial charge in [-0.1, -0.05) is 31.5 Å². The van der Waals surface area contributed by atoms with E-state index in [1.165, 1.54) is 11.5 Å². The molecule has 0 radical (unpaired) electrons. The van der Waals surface area contributed by atoms with Gasteiger partial charge >= 0.3 is 0 Å². The smallest absolute Gasteiger partial charge is 0.298 e. The molecule has 0 atom stereocenters. The fourth-order valence-corrected chi connectivity index (χ4v) is 2.12. The summed E-state index contributed by atoms with van der Waals surface area (Å²) in [4.78, 5) is 4.32. The number of hydrogen-bond acceptors (Lipinski definition) is 4. The summed E-state index contributed by atoms with van der Waals surface area (Å²) in [5.74, 6) is 1.85. The minimum atomic E-state index is 0.309. The van der Waals surface area contributed by atoms with E-state index in [-0.39, 0.29) is 0 Å². The van der Waals surface area contributed by atoms with Gasteiger partial charge in [-0.15, -0.1) is 0 Å². The minimum absolute atomic E-state index is 0.309. The van der Waals surface area contributed by atoms with Crippen LogP contribution in [0.4, 0.5) is 0 Å². The number of rotatable bonds is 3. The predicted molar refractivity (Wildman–Crippen MR) is 70.3 cm³/mol. The van der Waals surface area contributed by atoms with Crippen molar-refractivity contribution in [3.63, 3.8) is 0 Å². The molecule has 0 aliphatic rings. The summed E-state index contributed by atoms with van der Waals surface area (Å²) in [7, 11) is 0. The molecule has 90 valence electrons. The maximum absolute atomic E-state index is 5.93. The Kier molecular flexibility index (Phi) is 3.64. The van der Waals surface area contributed by atoms with Crippen molar-refractivity contribution in [3.05, 3.63) is 34.6 Å². The van der Waals surface area contributed by atoms with Gasteiger partial charge in [0.25, 0.3) is 5.19 Å². The van der Waals surface area contributed by atoms with Crippen LogP contribution in [0.3, 0.4) is 0 Å². The first-order chi connectivity index (χ1) is 8.06. The van der Waals surface area contributed by atoms with Crippen LogP contribution in [0.25, 0.3) is 0 Å². The Labute approximate surface area is 110 Å². The van der Waals surface area contributed by atoms with Gasteiger partial charge in [0.1, 0.15) is 11.6 Å². The van der Waals surface area contributed by atoms with E-state index in [0.717, 1.165) is 17.1 Å². The number of halogens is 1. The molecule has 0 unspecified atom stereocenters. The first-order valence-electron chi connectivity index (χ1n) is 5.34. The molecular weight excluding hydrogens is 256 g/mol. The third kappa shape index (κ3) is 2.96. The van der Waals surface area contributed by atoms with E-state index in [4.69, 9.17) is 16.3 Å². The van der Waals surface area contributed by atoms with Crippen LogP contribution in [0.15, 0.2) is 18.2 Å². The number of aromatic nitrogens is 2. The van der Waals surface area contributed by atoms with Crippen molar-refractivity contribution in [1.82, 2.24) is 9.36 Å². The molecule has 0 N–H and O–H groups in total. The Hall–Kier alpha value is -1.13. The number of nitrogens with zero attached hydrogens (tertiary/aromatic N) is 2. The monoisotopic (exact) mass is 268 g/mol. The lowest BCUT2D eigenvalue weighted by Gasteiger charge is -2.05. The Bertz CT molecular complexity index is 525. The predicted octanol–water partition coefficient (Wildman–Crippen LogP) is 4.42. The first-order valence-corrected chi connectivity index (χ1v) is 6.49. The van der Waals surface area contributed by atoms with E-state index < -0.39 is 0 Å². The van der Waals surface area contributed by atoms with Gasteiger partial charge in [-0.3, -0.25) is 0 Å². The number of aryl methyl sites for hydroxylation is 1. The number of hydrogen-bond donors (Lipinski definition) is 0. The van der Waals surface area contributed by atoms with Gasteiger partial charge in [-0.25, -0.2) is 0 Å².